The van der Waals surface area contributed by atoms with Crippen molar-refractivity contribution >= 4 is 22.9 Å². The van der Waals surface area contributed by atoms with E-state index in [1.165, 1.54) is 37.0 Å². The highest BCUT2D eigenvalue weighted by molar-refractivity contribution is 7.09. The lowest BCUT2D eigenvalue weighted by Crippen LogP contribution is -2.29. The minimum absolute atomic E-state index is 0.337. The van der Waals surface area contributed by atoms with Crippen molar-refractivity contribution in [1.29, 1.82) is 0 Å². The molecule has 0 amide bonds. The Hall–Kier alpha value is -0.0100. The maximum Gasteiger partial charge on any atom is 0.0440 e. The summed E-state index contributed by atoms with van der Waals surface area (Å²) < 4.78 is 0. The van der Waals surface area contributed by atoms with Crippen molar-refractivity contribution in [2.45, 2.75) is 50.8 Å². The van der Waals surface area contributed by atoms with Crippen molar-refractivity contribution in [2.75, 3.05) is 0 Å². The van der Waals surface area contributed by atoms with Crippen molar-refractivity contribution in [3.8, 4) is 0 Å². The van der Waals surface area contributed by atoms with Crippen LogP contribution in [-0.4, -0.2) is 5.38 Å². The summed E-state index contributed by atoms with van der Waals surface area (Å²) in [6.45, 7) is 2.30. The molecule has 1 heterocycles. The van der Waals surface area contributed by atoms with Crippen molar-refractivity contribution in [1.82, 2.24) is 0 Å². The number of halogens is 1. The molecule has 1 aromatic heterocycles. The molecule has 84 valence electrons. The van der Waals surface area contributed by atoms with Gasteiger partial charge in [0, 0.05) is 10.3 Å². The number of hydrogen-bond acceptors (Lipinski definition) is 1. The smallest absolute Gasteiger partial charge is 0.0440 e. The molecule has 0 aromatic carbocycles. The van der Waals surface area contributed by atoms with Gasteiger partial charge in [0.05, 0.1) is 0 Å². The monoisotopic (exact) mass is 242 g/mol. The summed E-state index contributed by atoms with van der Waals surface area (Å²) in [5, 5.41) is 2.48. The largest absolute Gasteiger partial charge is 0.149 e. The molecule has 1 aliphatic rings. The Morgan fingerprint density at radius 2 is 2.20 bits per heavy atom. The molecule has 1 aliphatic carbocycles. The molecule has 0 nitrogen and oxygen atoms in total. The zero-order valence-electron chi connectivity index (χ0n) is 9.34. The normalized spacial score (nSPS) is 21.7. The summed E-state index contributed by atoms with van der Waals surface area (Å²) >= 11 is 8.48. The summed E-state index contributed by atoms with van der Waals surface area (Å²) in [7, 11) is 0. The number of thiophene rings is 1. The molecule has 0 aliphatic heterocycles. The van der Waals surface area contributed by atoms with Crippen LogP contribution >= 0.6 is 22.9 Å². The molecule has 0 bridgehead atoms. The minimum Gasteiger partial charge on any atom is -0.149 e. The molecule has 1 aromatic rings. The second-order valence-corrected chi connectivity index (χ2v) is 6.23. The zero-order chi connectivity index (χ0) is 10.7. The average molecular weight is 243 g/mol. The van der Waals surface area contributed by atoms with Gasteiger partial charge in [-0.05, 0) is 42.5 Å². The van der Waals surface area contributed by atoms with E-state index >= 15 is 0 Å². The first-order valence-electron chi connectivity index (χ1n) is 5.93. The first kappa shape index (κ1) is 11.5. The fourth-order valence-electron chi connectivity index (χ4n) is 2.79. The van der Waals surface area contributed by atoms with E-state index < -0.39 is 0 Å². The highest BCUT2D eigenvalue weighted by atomic mass is 35.5. The van der Waals surface area contributed by atoms with Gasteiger partial charge in [0.25, 0.3) is 0 Å². The molecule has 0 spiro atoms. The van der Waals surface area contributed by atoms with Gasteiger partial charge in [-0.25, -0.2) is 0 Å². The lowest BCUT2D eigenvalue weighted by Gasteiger charge is -2.32. The molecule has 0 saturated heterocycles. The molecular weight excluding hydrogens is 224 g/mol. The van der Waals surface area contributed by atoms with E-state index in [2.05, 4.69) is 24.4 Å². The van der Waals surface area contributed by atoms with Crippen LogP contribution in [0.25, 0.3) is 0 Å². The zero-order valence-corrected chi connectivity index (χ0v) is 10.9. The lowest BCUT2D eigenvalue weighted by molar-refractivity contribution is 0.268. The van der Waals surface area contributed by atoms with Crippen molar-refractivity contribution in [2.24, 2.45) is 5.41 Å². The number of rotatable bonds is 4. The van der Waals surface area contributed by atoms with E-state index in [1.807, 2.05) is 11.3 Å². The second kappa shape index (κ2) is 4.88. The van der Waals surface area contributed by atoms with Gasteiger partial charge >= 0.3 is 0 Å². The van der Waals surface area contributed by atoms with E-state index in [9.17, 15) is 0 Å². The Kier molecular flexibility index (Phi) is 3.73. The molecule has 15 heavy (non-hydrogen) atoms. The van der Waals surface area contributed by atoms with Crippen LogP contribution in [0.1, 0.15) is 43.9 Å². The predicted molar refractivity (Wildman–Crippen MR) is 68.9 cm³/mol. The maximum absolute atomic E-state index is 6.64. The Morgan fingerprint density at radius 1 is 1.47 bits per heavy atom. The quantitative estimate of drug-likeness (QED) is 0.661. The summed E-state index contributed by atoms with van der Waals surface area (Å²) in [6, 6.07) is 4.33. The van der Waals surface area contributed by atoms with Crippen molar-refractivity contribution in [3.05, 3.63) is 22.4 Å². The van der Waals surface area contributed by atoms with Crippen LogP contribution < -0.4 is 0 Å². The van der Waals surface area contributed by atoms with Crippen LogP contribution in [0.2, 0.25) is 0 Å². The highest BCUT2D eigenvalue weighted by Gasteiger charge is 2.38. The highest BCUT2D eigenvalue weighted by Crippen LogP contribution is 2.47. The molecule has 1 fully saturated rings. The molecule has 1 unspecified atom stereocenters. The predicted octanol–water partition coefficient (Wildman–Crippen LogP) is 4.87. The van der Waals surface area contributed by atoms with Crippen LogP contribution in [0.3, 0.4) is 0 Å². The summed E-state index contributed by atoms with van der Waals surface area (Å²) in [6.07, 6.45) is 7.73. The molecule has 0 radical (unpaired) electrons. The lowest BCUT2D eigenvalue weighted by atomic mass is 9.78. The van der Waals surface area contributed by atoms with Gasteiger partial charge in [-0.3, -0.25) is 0 Å². The Labute approximate surface area is 102 Å². The SMILES string of the molecule is CCC1(C(Cl)Cc2cccs2)CCCC1. The van der Waals surface area contributed by atoms with Gasteiger partial charge in [0.1, 0.15) is 0 Å². The number of hydrogen-bond donors (Lipinski definition) is 0. The van der Waals surface area contributed by atoms with Gasteiger partial charge in [0.2, 0.25) is 0 Å². The van der Waals surface area contributed by atoms with E-state index in [-0.39, 0.29) is 0 Å². The van der Waals surface area contributed by atoms with Gasteiger partial charge < -0.3 is 0 Å². The third-order valence-corrected chi connectivity index (χ3v) is 5.44. The Balaban J connectivity index is 2.02. The Bertz CT molecular complexity index is 285. The standard InChI is InChI=1S/C13H19ClS/c1-2-13(7-3-4-8-13)12(14)10-11-6-5-9-15-11/h5-6,9,12H,2-4,7-8,10H2,1H3. The van der Waals surface area contributed by atoms with Crippen LogP contribution in [-0.2, 0) is 6.42 Å². The van der Waals surface area contributed by atoms with E-state index in [0.29, 0.717) is 10.8 Å². The summed E-state index contributed by atoms with van der Waals surface area (Å²) in [5.74, 6) is 0. The second-order valence-electron chi connectivity index (χ2n) is 4.67. The molecule has 1 saturated carbocycles. The fraction of sp³-hybridized carbons (Fsp3) is 0.692. The van der Waals surface area contributed by atoms with Crippen molar-refractivity contribution < 1.29 is 0 Å². The topological polar surface area (TPSA) is 0 Å². The van der Waals surface area contributed by atoms with Crippen molar-refractivity contribution in [3.63, 3.8) is 0 Å². The minimum atomic E-state index is 0.337. The van der Waals surface area contributed by atoms with Crippen LogP contribution in [0.5, 0.6) is 0 Å². The third kappa shape index (κ3) is 2.39. The van der Waals surface area contributed by atoms with Gasteiger partial charge in [0.15, 0.2) is 0 Å². The fourth-order valence-corrected chi connectivity index (χ4v) is 4.17. The Morgan fingerprint density at radius 3 is 2.73 bits per heavy atom. The van der Waals surface area contributed by atoms with Gasteiger partial charge in [-0.1, -0.05) is 25.8 Å². The maximum atomic E-state index is 6.64. The summed E-state index contributed by atoms with van der Waals surface area (Å²) in [4.78, 5) is 1.44. The first-order valence-corrected chi connectivity index (χ1v) is 7.25. The summed E-state index contributed by atoms with van der Waals surface area (Å²) in [5.41, 5.74) is 0.436. The van der Waals surface area contributed by atoms with Gasteiger partial charge in [-0.2, -0.15) is 0 Å². The van der Waals surface area contributed by atoms with E-state index in [0.717, 1.165) is 6.42 Å². The molecule has 0 N–H and O–H groups in total. The molecule has 1 atom stereocenters. The van der Waals surface area contributed by atoms with Gasteiger partial charge in [-0.15, -0.1) is 22.9 Å². The number of alkyl halides is 1. The third-order valence-electron chi connectivity index (χ3n) is 3.93. The first-order chi connectivity index (χ1) is 7.27. The van der Waals surface area contributed by atoms with Crippen LogP contribution in [0.4, 0.5) is 0 Å². The molecular formula is C13H19ClS. The van der Waals surface area contributed by atoms with Crippen LogP contribution in [0.15, 0.2) is 17.5 Å². The van der Waals surface area contributed by atoms with E-state index in [4.69, 9.17) is 11.6 Å². The average Bonchev–Trinajstić information content (AvgIpc) is 2.87. The van der Waals surface area contributed by atoms with E-state index in [1.54, 1.807) is 0 Å². The molecule has 2 heteroatoms. The van der Waals surface area contributed by atoms with Crippen LogP contribution in [0, 0.1) is 5.41 Å². The molecule has 2 rings (SSSR count).